The minimum absolute atomic E-state index is 0.242. The van der Waals surface area contributed by atoms with Crippen LogP contribution in [0.1, 0.15) is 5.69 Å². The Morgan fingerprint density at radius 3 is 3.00 bits per heavy atom. The van der Waals surface area contributed by atoms with Crippen LogP contribution in [0, 0.1) is 12.7 Å². The first kappa shape index (κ1) is 10.7. The van der Waals surface area contributed by atoms with Crippen molar-refractivity contribution in [2.45, 2.75) is 6.92 Å². The molecule has 0 radical (unpaired) electrons. The number of pyridine rings is 1. The second-order valence-electron chi connectivity index (χ2n) is 2.75. The van der Waals surface area contributed by atoms with E-state index in [1.807, 2.05) is 10.9 Å². The van der Waals surface area contributed by atoms with E-state index in [0.29, 0.717) is 11.0 Å². The number of fused-ring (bicyclic) bond motifs is 1. The average molecular weight is 387 g/mol. The molecular weight excluding hydrogens is 382 g/mol. The number of halogens is 3. The zero-order valence-electron chi connectivity index (χ0n) is 7.09. The summed E-state index contributed by atoms with van der Waals surface area (Å²) in [5.74, 6) is -0.242. The van der Waals surface area contributed by atoms with Gasteiger partial charge in [0, 0.05) is 42.2 Å². The Hall–Kier alpha value is 0.180. The first-order valence-corrected chi connectivity index (χ1v) is 7.88. The molecule has 0 unspecified atom stereocenters. The van der Waals surface area contributed by atoms with Crippen LogP contribution in [0.4, 0.5) is 4.39 Å². The molecule has 0 amide bonds. The minimum Gasteiger partial charge on any atom is -0.262 e. The van der Waals surface area contributed by atoms with Crippen molar-refractivity contribution in [1.29, 1.82) is 0 Å². The molecule has 0 aliphatic rings. The van der Waals surface area contributed by atoms with Gasteiger partial charge in [-0.3, -0.25) is 3.97 Å². The Labute approximate surface area is 105 Å². The highest BCUT2D eigenvalue weighted by atomic mass is 127. The molecule has 0 saturated carbocycles. The summed E-state index contributed by atoms with van der Waals surface area (Å²) in [6.07, 6.45) is 1.48. The SMILES string of the molecule is Cc1c(Br)c2c(F)ccnc2n1SI. The quantitative estimate of drug-likeness (QED) is 0.687. The molecule has 2 heterocycles. The lowest BCUT2D eigenvalue weighted by Gasteiger charge is -1.98. The summed E-state index contributed by atoms with van der Waals surface area (Å²) in [5, 5.41) is 0.550. The minimum atomic E-state index is -0.242. The van der Waals surface area contributed by atoms with E-state index in [4.69, 9.17) is 0 Å². The summed E-state index contributed by atoms with van der Waals surface area (Å²) >= 11 is 5.52. The van der Waals surface area contributed by atoms with E-state index in [0.717, 1.165) is 10.2 Å². The monoisotopic (exact) mass is 386 g/mol. The lowest BCUT2D eigenvalue weighted by molar-refractivity contribution is 0.638. The fraction of sp³-hybridized carbons (Fsp3) is 0.125. The van der Waals surface area contributed by atoms with Gasteiger partial charge in [0.25, 0.3) is 0 Å². The molecule has 2 nitrogen and oxygen atoms in total. The van der Waals surface area contributed by atoms with Gasteiger partial charge in [0.2, 0.25) is 0 Å². The maximum Gasteiger partial charge on any atom is 0.154 e. The van der Waals surface area contributed by atoms with Crippen LogP contribution in [0.2, 0.25) is 0 Å². The third-order valence-corrected chi connectivity index (χ3v) is 4.72. The van der Waals surface area contributed by atoms with Crippen molar-refractivity contribution in [2.75, 3.05) is 0 Å². The highest BCUT2D eigenvalue weighted by Crippen LogP contribution is 2.35. The van der Waals surface area contributed by atoms with Crippen LogP contribution < -0.4 is 0 Å². The van der Waals surface area contributed by atoms with E-state index in [9.17, 15) is 4.39 Å². The summed E-state index contributed by atoms with van der Waals surface area (Å²) < 4.78 is 16.2. The second-order valence-corrected chi connectivity index (χ2v) is 5.23. The predicted octanol–water partition coefficient (Wildman–Crippen LogP) is 4.09. The molecule has 2 aromatic rings. The number of hydrogen-bond donors (Lipinski definition) is 0. The largest absolute Gasteiger partial charge is 0.262 e. The topological polar surface area (TPSA) is 17.8 Å². The van der Waals surface area contributed by atoms with Crippen LogP contribution >= 0.6 is 46.3 Å². The van der Waals surface area contributed by atoms with E-state index in [1.165, 1.54) is 21.4 Å². The Morgan fingerprint density at radius 2 is 2.36 bits per heavy atom. The number of rotatable bonds is 1. The molecule has 14 heavy (non-hydrogen) atoms. The highest BCUT2D eigenvalue weighted by Gasteiger charge is 2.16. The van der Waals surface area contributed by atoms with Crippen LogP contribution in [0.3, 0.4) is 0 Å². The van der Waals surface area contributed by atoms with Gasteiger partial charge in [-0.05, 0) is 28.9 Å². The maximum atomic E-state index is 13.5. The van der Waals surface area contributed by atoms with Crippen molar-refractivity contribution in [2.24, 2.45) is 0 Å². The van der Waals surface area contributed by atoms with Crippen molar-refractivity contribution >= 4 is 57.3 Å². The standard InChI is InChI=1S/C8H5BrFIN2S/c1-4-7(9)6-5(10)2-3-12-8(6)13(4)14-11/h2-3H,1H3. The van der Waals surface area contributed by atoms with Crippen molar-refractivity contribution < 1.29 is 4.39 Å². The van der Waals surface area contributed by atoms with Crippen molar-refractivity contribution in [3.63, 3.8) is 0 Å². The Kier molecular flexibility index (Phi) is 3.03. The number of nitrogens with zero attached hydrogens (tertiary/aromatic N) is 2. The van der Waals surface area contributed by atoms with Crippen LogP contribution in [0.25, 0.3) is 11.0 Å². The maximum absolute atomic E-state index is 13.5. The summed E-state index contributed by atoms with van der Waals surface area (Å²) in [6.45, 7) is 1.93. The van der Waals surface area contributed by atoms with E-state index >= 15 is 0 Å². The van der Waals surface area contributed by atoms with Crippen LogP contribution in [-0.2, 0) is 0 Å². The van der Waals surface area contributed by atoms with Gasteiger partial charge in [0.05, 0.1) is 9.86 Å². The zero-order chi connectivity index (χ0) is 10.3. The van der Waals surface area contributed by atoms with Gasteiger partial charge in [-0.15, -0.1) is 0 Å². The summed E-state index contributed by atoms with van der Waals surface area (Å²) in [4.78, 5) is 4.16. The third-order valence-electron chi connectivity index (χ3n) is 1.98. The van der Waals surface area contributed by atoms with Gasteiger partial charge >= 0.3 is 0 Å². The van der Waals surface area contributed by atoms with E-state index in [1.54, 1.807) is 0 Å². The molecule has 0 N–H and O–H groups in total. The van der Waals surface area contributed by atoms with Gasteiger partial charge in [-0.1, -0.05) is 0 Å². The molecular formula is C8H5BrFIN2S. The van der Waals surface area contributed by atoms with Crippen molar-refractivity contribution in [3.05, 3.63) is 28.2 Å². The van der Waals surface area contributed by atoms with Gasteiger partial charge in [-0.25, -0.2) is 9.37 Å². The van der Waals surface area contributed by atoms with Crippen LogP contribution in [0.5, 0.6) is 0 Å². The lowest BCUT2D eigenvalue weighted by atomic mass is 10.3. The number of aromatic nitrogens is 2. The lowest BCUT2D eigenvalue weighted by Crippen LogP contribution is -1.87. The molecule has 2 rings (SSSR count). The summed E-state index contributed by atoms with van der Waals surface area (Å²) in [6, 6.07) is 1.37. The Morgan fingerprint density at radius 1 is 1.64 bits per heavy atom. The number of hydrogen-bond acceptors (Lipinski definition) is 2. The van der Waals surface area contributed by atoms with Crippen molar-refractivity contribution in [1.82, 2.24) is 8.96 Å². The molecule has 0 saturated heterocycles. The zero-order valence-corrected chi connectivity index (χ0v) is 11.7. The van der Waals surface area contributed by atoms with Gasteiger partial charge < -0.3 is 0 Å². The third kappa shape index (κ3) is 1.47. The Balaban J connectivity index is 2.95. The smallest absolute Gasteiger partial charge is 0.154 e. The van der Waals surface area contributed by atoms with Gasteiger partial charge in [0.15, 0.2) is 5.65 Å². The van der Waals surface area contributed by atoms with Crippen LogP contribution in [0.15, 0.2) is 16.7 Å². The molecule has 0 aromatic carbocycles. The molecule has 0 spiro atoms. The highest BCUT2D eigenvalue weighted by molar-refractivity contribution is 14.2. The van der Waals surface area contributed by atoms with E-state index in [-0.39, 0.29) is 5.82 Å². The molecule has 0 aliphatic heterocycles. The molecule has 0 atom stereocenters. The summed E-state index contributed by atoms with van der Waals surface area (Å²) in [7, 11) is 1.48. The molecule has 0 bridgehead atoms. The normalized spacial score (nSPS) is 11.1. The molecule has 2 aromatic heterocycles. The molecule has 6 heteroatoms. The van der Waals surface area contributed by atoms with Gasteiger partial charge in [0.1, 0.15) is 5.82 Å². The average Bonchev–Trinajstić information content (AvgIpc) is 2.41. The van der Waals surface area contributed by atoms with Gasteiger partial charge in [-0.2, -0.15) is 0 Å². The summed E-state index contributed by atoms with van der Waals surface area (Å²) in [5.41, 5.74) is 1.63. The second kappa shape index (κ2) is 3.97. The fourth-order valence-electron chi connectivity index (χ4n) is 1.30. The first-order chi connectivity index (χ1) is 6.66. The van der Waals surface area contributed by atoms with E-state index < -0.39 is 0 Å². The Bertz CT molecular complexity index is 500. The fourth-order valence-corrected chi connectivity index (χ4v) is 3.80. The molecule has 74 valence electrons. The van der Waals surface area contributed by atoms with E-state index in [2.05, 4.69) is 42.1 Å². The molecule has 0 aliphatic carbocycles. The van der Waals surface area contributed by atoms with Crippen LogP contribution in [-0.4, -0.2) is 8.96 Å². The predicted molar refractivity (Wildman–Crippen MR) is 69.1 cm³/mol. The van der Waals surface area contributed by atoms with Crippen molar-refractivity contribution in [3.8, 4) is 0 Å². The molecule has 0 fully saturated rings. The first-order valence-electron chi connectivity index (χ1n) is 3.77.